The summed E-state index contributed by atoms with van der Waals surface area (Å²) in [6.07, 6.45) is 0.890. The van der Waals surface area contributed by atoms with Gasteiger partial charge in [0.2, 0.25) is 5.91 Å². The monoisotopic (exact) mass is 373 g/mol. The minimum atomic E-state index is -0.00272. The number of halogens is 1. The molecule has 0 bridgehead atoms. The Morgan fingerprint density at radius 3 is 2.64 bits per heavy atom. The Morgan fingerprint density at radius 2 is 1.91 bits per heavy atom. The van der Waals surface area contributed by atoms with Crippen LogP contribution in [0.25, 0.3) is 10.1 Å². The molecule has 1 aromatic heterocycles. The second kappa shape index (κ2) is 6.63. The van der Waals surface area contributed by atoms with E-state index >= 15 is 0 Å². The molecule has 112 valence electrons. The summed E-state index contributed by atoms with van der Waals surface area (Å²) in [7, 11) is 0. The molecular formula is C18H16BrNOS. The van der Waals surface area contributed by atoms with Crippen molar-refractivity contribution in [2.75, 3.05) is 0 Å². The molecule has 2 aromatic carbocycles. The molecule has 0 aliphatic carbocycles. The highest BCUT2D eigenvalue weighted by atomic mass is 79.9. The van der Waals surface area contributed by atoms with Gasteiger partial charge in [0.15, 0.2) is 0 Å². The van der Waals surface area contributed by atoms with Crippen molar-refractivity contribution in [1.82, 2.24) is 5.32 Å². The molecule has 0 spiro atoms. The van der Waals surface area contributed by atoms with Crippen molar-refractivity contribution in [1.29, 1.82) is 0 Å². The molecule has 0 saturated heterocycles. The number of fused-ring (bicyclic) bond motifs is 1. The summed E-state index contributed by atoms with van der Waals surface area (Å²) in [6.45, 7) is 2.13. The van der Waals surface area contributed by atoms with Gasteiger partial charge in [0.1, 0.15) is 0 Å². The maximum absolute atomic E-state index is 11.3. The van der Waals surface area contributed by atoms with E-state index in [1.807, 2.05) is 6.07 Å². The molecule has 1 amide bonds. The standard InChI is InChI=1S/C18H16BrNOS/c1-12(21)20-11-14-17(10-13-6-3-2-4-7-13)22-16-9-5-8-15(19)18(14)16/h2-9H,10-11H2,1H3,(H,20,21). The number of nitrogens with one attached hydrogen (secondary N) is 1. The van der Waals surface area contributed by atoms with E-state index in [1.165, 1.54) is 26.1 Å². The second-order valence-electron chi connectivity index (χ2n) is 5.19. The van der Waals surface area contributed by atoms with Crippen LogP contribution in [-0.2, 0) is 17.8 Å². The molecule has 1 heterocycles. The van der Waals surface area contributed by atoms with Gasteiger partial charge in [0.25, 0.3) is 0 Å². The molecule has 22 heavy (non-hydrogen) atoms. The molecule has 3 aromatic rings. The molecule has 4 heteroatoms. The minimum Gasteiger partial charge on any atom is -0.352 e. The van der Waals surface area contributed by atoms with Gasteiger partial charge in [-0.15, -0.1) is 11.3 Å². The molecular weight excluding hydrogens is 358 g/mol. The number of thiophene rings is 1. The molecule has 0 saturated carbocycles. The van der Waals surface area contributed by atoms with Crippen LogP contribution in [-0.4, -0.2) is 5.91 Å². The summed E-state index contributed by atoms with van der Waals surface area (Å²) >= 11 is 5.45. The highest BCUT2D eigenvalue weighted by Gasteiger charge is 2.15. The van der Waals surface area contributed by atoms with E-state index < -0.39 is 0 Å². The van der Waals surface area contributed by atoms with Crippen LogP contribution in [0.4, 0.5) is 0 Å². The van der Waals surface area contributed by atoms with Crippen molar-refractivity contribution >= 4 is 43.3 Å². The predicted molar refractivity (Wildman–Crippen MR) is 96.3 cm³/mol. The summed E-state index contributed by atoms with van der Waals surface area (Å²) in [6, 6.07) is 16.7. The van der Waals surface area contributed by atoms with Crippen molar-refractivity contribution in [3.63, 3.8) is 0 Å². The Labute approximate surface area is 142 Å². The van der Waals surface area contributed by atoms with Gasteiger partial charge in [-0.05, 0) is 23.3 Å². The third-order valence-electron chi connectivity index (χ3n) is 3.57. The quantitative estimate of drug-likeness (QED) is 0.692. The van der Waals surface area contributed by atoms with E-state index in [0.29, 0.717) is 6.54 Å². The zero-order chi connectivity index (χ0) is 15.5. The van der Waals surface area contributed by atoms with Gasteiger partial charge in [-0.1, -0.05) is 52.3 Å². The van der Waals surface area contributed by atoms with E-state index in [9.17, 15) is 4.79 Å². The maximum atomic E-state index is 11.3. The molecule has 0 aliphatic rings. The fourth-order valence-electron chi connectivity index (χ4n) is 2.54. The number of benzene rings is 2. The predicted octanol–water partition coefficient (Wildman–Crippen LogP) is 4.89. The fourth-order valence-corrected chi connectivity index (χ4v) is 4.56. The summed E-state index contributed by atoms with van der Waals surface area (Å²) in [5.41, 5.74) is 2.50. The number of rotatable bonds is 4. The number of carbonyl (C=O) groups is 1. The number of carbonyl (C=O) groups excluding carboxylic acids is 1. The first kappa shape index (κ1) is 15.3. The van der Waals surface area contributed by atoms with Crippen molar-refractivity contribution in [2.45, 2.75) is 19.9 Å². The van der Waals surface area contributed by atoms with Gasteiger partial charge in [-0.3, -0.25) is 4.79 Å². The normalized spacial score (nSPS) is 10.8. The summed E-state index contributed by atoms with van der Waals surface area (Å²) in [5.74, 6) is -0.00272. The summed E-state index contributed by atoms with van der Waals surface area (Å²) < 4.78 is 2.33. The van der Waals surface area contributed by atoms with Crippen LogP contribution in [0.15, 0.2) is 53.0 Å². The van der Waals surface area contributed by atoms with Crippen LogP contribution in [0.2, 0.25) is 0 Å². The van der Waals surface area contributed by atoms with Crippen LogP contribution in [0.3, 0.4) is 0 Å². The molecule has 0 fully saturated rings. The Hall–Kier alpha value is -1.65. The lowest BCUT2D eigenvalue weighted by Gasteiger charge is -2.07. The van der Waals surface area contributed by atoms with Crippen LogP contribution >= 0.6 is 27.3 Å². The van der Waals surface area contributed by atoms with Crippen LogP contribution in [0.1, 0.15) is 22.9 Å². The first-order valence-electron chi connectivity index (χ1n) is 7.12. The van der Waals surface area contributed by atoms with Crippen LogP contribution in [0.5, 0.6) is 0 Å². The summed E-state index contributed by atoms with van der Waals surface area (Å²) in [5, 5.41) is 4.16. The van der Waals surface area contributed by atoms with E-state index in [-0.39, 0.29) is 5.91 Å². The Kier molecular flexibility index (Phi) is 4.60. The maximum Gasteiger partial charge on any atom is 0.217 e. The van der Waals surface area contributed by atoms with Gasteiger partial charge < -0.3 is 5.32 Å². The topological polar surface area (TPSA) is 29.1 Å². The Morgan fingerprint density at radius 1 is 1.14 bits per heavy atom. The van der Waals surface area contributed by atoms with Crippen molar-refractivity contribution in [2.24, 2.45) is 0 Å². The number of hydrogen-bond donors (Lipinski definition) is 1. The van der Waals surface area contributed by atoms with Gasteiger partial charge >= 0.3 is 0 Å². The lowest BCUT2D eigenvalue weighted by Crippen LogP contribution is -2.19. The number of hydrogen-bond acceptors (Lipinski definition) is 2. The molecule has 2 nitrogen and oxygen atoms in total. The third-order valence-corrected chi connectivity index (χ3v) is 5.43. The van der Waals surface area contributed by atoms with Gasteiger partial charge in [0, 0.05) is 39.3 Å². The highest BCUT2D eigenvalue weighted by molar-refractivity contribution is 9.10. The second-order valence-corrected chi connectivity index (χ2v) is 7.18. The lowest BCUT2D eigenvalue weighted by atomic mass is 10.1. The molecule has 0 aliphatic heterocycles. The van der Waals surface area contributed by atoms with Gasteiger partial charge in [-0.25, -0.2) is 0 Å². The van der Waals surface area contributed by atoms with E-state index in [2.05, 4.69) is 63.7 Å². The molecule has 0 radical (unpaired) electrons. The zero-order valence-electron chi connectivity index (χ0n) is 12.2. The van der Waals surface area contributed by atoms with E-state index in [0.717, 1.165) is 10.9 Å². The lowest BCUT2D eigenvalue weighted by molar-refractivity contribution is -0.119. The zero-order valence-corrected chi connectivity index (χ0v) is 14.6. The Balaban J connectivity index is 2.05. The minimum absolute atomic E-state index is 0.00272. The van der Waals surface area contributed by atoms with Gasteiger partial charge in [0.05, 0.1) is 0 Å². The first-order valence-corrected chi connectivity index (χ1v) is 8.73. The summed E-state index contributed by atoms with van der Waals surface area (Å²) in [4.78, 5) is 12.6. The molecule has 0 unspecified atom stereocenters. The SMILES string of the molecule is CC(=O)NCc1c(Cc2ccccc2)sc2cccc(Br)c12. The smallest absolute Gasteiger partial charge is 0.217 e. The fraction of sp³-hybridized carbons (Fsp3) is 0.167. The number of amides is 1. The first-order chi connectivity index (χ1) is 10.6. The van der Waals surface area contributed by atoms with Crippen LogP contribution < -0.4 is 5.32 Å². The Bertz CT molecular complexity index is 811. The third kappa shape index (κ3) is 3.23. The average Bonchev–Trinajstić information content (AvgIpc) is 2.85. The van der Waals surface area contributed by atoms with Crippen molar-refractivity contribution in [3.05, 3.63) is 69.0 Å². The highest BCUT2D eigenvalue weighted by Crippen LogP contribution is 2.37. The van der Waals surface area contributed by atoms with Crippen LogP contribution in [0, 0.1) is 0 Å². The van der Waals surface area contributed by atoms with Gasteiger partial charge in [-0.2, -0.15) is 0 Å². The average molecular weight is 374 g/mol. The molecule has 0 atom stereocenters. The van der Waals surface area contributed by atoms with E-state index in [4.69, 9.17) is 0 Å². The van der Waals surface area contributed by atoms with Crippen molar-refractivity contribution < 1.29 is 4.79 Å². The largest absolute Gasteiger partial charge is 0.352 e. The molecule has 1 N–H and O–H groups in total. The molecule has 3 rings (SSSR count). The van der Waals surface area contributed by atoms with E-state index in [1.54, 1.807) is 18.3 Å². The van der Waals surface area contributed by atoms with Crippen molar-refractivity contribution in [3.8, 4) is 0 Å².